The summed E-state index contributed by atoms with van der Waals surface area (Å²) in [7, 11) is 0. The van der Waals surface area contributed by atoms with Gasteiger partial charge >= 0.3 is 5.97 Å². The number of azo groups is 1. The molecule has 0 aliphatic carbocycles. The van der Waals surface area contributed by atoms with E-state index in [1.165, 1.54) is 23.7 Å². The van der Waals surface area contributed by atoms with Crippen molar-refractivity contribution in [2.75, 3.05) is 24.6 Å². The number of ether oxygens (including phenoxy) is 1. The second-order valence-corrected chi connectivity index (χ2v) is 7.57. The van der Waals surface area contributed by atoms with E-state index < -0.39 is 10.9 Å². The number of nitrogens with zero attached hydrogens (tertiary/aromatic N) is 6. The van der Waals surface area contributed by atoms with Crippen LogP contribution in [-0.4, -0.2) is 35.0 Å². The van der Waals surface area contributed by atoms with Crippen LogP contribution < -0.4 is 4.90 Å². The average molecular weight is 452 g/mol. The fourth-order valence-corrected chi connectivity index (χ4v) is 3.73. The Hall–Kier alpha value is -3.91. The van der Waals surface area contributed by atoms with Crippen LogP contribution in [0.1, 0.15) is 18.9 Å². The predicted octanol–water partition coefficient (Wildman–Crippen LogP) is 5.21. The van der Waals surface area contributed by atoms with Crippen LogP contribution in [0.2, 0.25) is 0 Å². The number of hydrogen-bond donors (Lipinski definition) is 0. The second-order valence-electron chi connectivity index (χ2n) is 6.76. The number of aryl methyl sites for hydroxylation is 1. The van der Waals surface area contributed by atoms with Gasteiger partial charge in [0.25, 0.3) is 5.69 Å². The number of aromatic nitrogens is 1. The van der Waals surface area contributed by atoms with Crippen molar-refractivity contribution in [1.29, 1.82) is 5.26 Å². The van der Waals surface area contributed by atoms with E-state index in [1.807, 2.05) is 36.9 Å². The highest BCUT2D eigenvalue weighted by Gasteiger charge is 2.13. The molecule has 0 unspecified atom stereocenters. The Balaban J connectivity index is 1.75. The highest BCUT2D eigenvalue weighted by atomic mass is 32.1. The number of esters is 1. The molecule has 0 fully saturated rings. The molecule has 0 N–H and O–H groups in total. The van der Waals surface area contributed by atoms with Gasteiger partial charge in [-0.2, -0.15) is 9.64 Å². The average Bonchev–Trinajstić information content (AvgIpc) is 3.19. The molecule has 0 radical (unpaired) electrons. The van der Waals surface area contributed by atoms with Crippen molar-refractivity contribution < 1.29 is 14.5 Å². The molecule has 1 aromatic heterocycles. The Morgan fingerprint density at radius 3 is 2.81 bits per heavy atom. The number of hydrogen-bond acceptors (Lipinski definition) is 10. The van der Waals surface area contributed by atoms with E-state index in [4.69, 9.17) is 10.00 Å². The summed E-state index contributed by atoms with van der Waals surface area (Å²) in [6, 6.07) is 12.0. The van der Waals surface area contributed by atoms with E-state index in [9.17, 15) is 14.9 Å². The summed E-state index contributed by atoms with van der Waals surface area (Å²) in [6.07, 6.45) is 0.180. The van der Waals surface area contributed by atoms with Gasteiger partial charge in [0.2, 0.25) is 0 Å². The number of rotatable bonds is 9. The Bertz CT molecular complexity index is 1220. The highest BCUT2D eigenvalue weighted by Crippen LogP contribution is 2.33. The normalized spacial score (nSPS) is 10.9. The molecule has 1 heterocycles. The topological polar surface area (TPSA) is 134 Å². The third-order valence-electron chi connectivity index (χ3n) is 4.71. The fourth-order valence-electron chi connectivity index (χ4n) is 3.03. The first kappa shape index (κ1) is 22.8. The molecule has 10 nitrogen and oxygen atoms in total. The van der Waals surface area contributed by atoms with E-state index >= 15 is 0 Å². The second kappa shape index (κ2) is 10.4. The Morgan fingerprint density at radius 1 is 1.31 bits per heavy atom. The minimum Gasteiger partial charge on any atom is -0.450 e. The quantitative estimate of drug-likeness (QED) is 0.188. The molecule has 32 heavy (non-hydrogen) atoms. The van der Waals surface area contributed by atoms with Crippen LogP contribution in [0.25, 0.3) is 10.1 Å². The summed E-state index contributed by atoms with van der Waals surface area (Å²) in [5.41, 5.74) is 2.42. The van der Waals surface area contributed by atoms with Crippen molar-refractivity contribution in [3.63, 3.8) is 0 Å². The molecule has 2 aromatic carbocycles. The zero-order valence-corrected chi connectivity index (χ0v) is 18.3. The first-order valence-electron chi connectivity index (χ1n) is 9.76. The maximum Gasteiger partial charge on any atom is 0.308 e. The molecule has 0 bridgehead atoms. The van der Waals surface area contributed by atoms with Crippen molar-refractivity contribution >= 4 is 50.5 Å². The predicted molar refractivity (Wildman–Crippen MR) is 121 cm³/mol. The molecule has 0 spiro atoms. The number of nitriles is 1. The van der Waals surface area contributed by atoms with Gasteiger partial charge in [0.1, 0.15) is 6.07 Å². The van der Waals surface area contributed by atoms with Gasteiger partial charge in [-0.05, 0) is 55.2 Å². The summed E-state index contributed by atoms with van der Waals surface area (Å²) in [5, 5.41) is 28.6. The molecule has 0 aliphatic heterocycles. The van der Waals surface area contributed by atoms with Crippen LogP contribution in [0.15, 0.2) is 46.6 Å². The van der Waals surface area contributed by atoms with Crippen LogP contribution in [0.4, 0.5) is 22.9 Å². The maximum absolute atomic E-state index is 11.7. The van der Waals surface area contributed by atoms with Crippen molar-refractivity contribution in [2.24, 2.45) is 10.2 Å². The van der Waals surface area contributed by atoms with Crippen LogP contribution >= 0.6 is 11.5 Å². The number of fused-ring (bicyclic) bond motifs is 1. The molecule has 0 aliphatic rings. The number of carbonyl (C=O) groups is 1. The van der Waals surface area contributed by atoms with Crippen molar-refractivity contribution in [1.82, 2.24) is 4.37 Å². The Kier molecular flexibility index (Phi) is 7.41. The molecule has 0 atom stereocenters. The summed E-state index contributed by atoms with van der Waals surface area (Å²) in [5.74, 6) is -0.0777. The van der Waals surface area contributed by atoms with Crippen molar-refractivity contribution in [3.05, 3.63) is 52.1 Å². The third-order valence-corrected chi connectivity index (χ3v) is 5.53. The molecule has 3 rings (SSSR count). The van der Waals surface area contributed by atoms with Crippen LogP contribution in [0.5, 0.6) is 0 Å². The van der Waals surface area contributed by atoms with E-state index in [1.54, 1.807) is 12.1 Å². The molecule has 11 heteroatoms. The number of nitro groups is 1. The Morgan fingerprint density at radius 2 is 2.12 bits per heavy atom. The number of nitro benzene ring substituents is 1. The number of anilines is 1. The van der Waals surface area contributed by atoms with E-state index in [2.05, 4.69) is 14.6 Å². The maximum atomic E-state index is 11.7. The first-order valence-corrected chi connectivity index (χ1v) is 10.5. The van der Waals surface area contributed by atoms with Gasteiger partial charge in [-0.1, -0.05) is 0 Å². The van der Waals surface area contributed by atoms with Crippen molar-refractivity contribution in [3.8, 4) is 6.07 Å². The van der Waals surface area contributed by atoms with Gasteiger partial charge in [0.05, 0.1) is 21.7 Å². The molecular formula is C21H20N6O4S. The van der Waals surface area contributed by atoms with Gasteiger partial charge in [-0.3, -0.25) is 14.9 Å². The van der Waals surface area contributed by atoms with Crippen molar-refractivity contribution in [2.45, 2.75) is 20.3 Å². The lowest BCUT2D eigenvalue weighted by Gasteiger charge is -2.23. The van der Waals surface area contributed by atoms with Gasteiger partial charge in [0.15, 0.2) is 12.4 Å². The minimum atomic E-state index is -0.455. The summed E-state index contributed by atoms with van der Waals surface area (Å²) in [6.45, 7) is 4.79. The monoisotopic (exact) mass is 452 g/mol. The van der Waals surface area contributed by atoms with E-state index in [0.29, 0.717) is 30.0 Å². The molecular weight excluding hydrogens is 432 g/mol. The lowest BCUT2D eigenvalue weighted by Crippen LogP contribution is -2.26. The summed E-state index contributed by atoms with van der Waals surface area (Å²) < 4.78 is 9.83. The molecule has 0 saturated heterocycles. The summed E-state index contributed by atoms with van der Waals surface area (Å²) >= 11 is 1.21. The lowest BCUT2D eigenvalue weighted by atomic mass is 10.1. The molecule has 0 saturated carbocycles. The van der Waals surface area contributed by atoms with Gasteiger partial charge in [-0.15, -0.1) is 10.2 Å². The number of carbonyl (C=O) groups excluding carboxylic acids is 1. The smallest absolute Gasteiger partial charge is 0.308 e. The largest absolute Gasteiger partial charge is 0.450 e. The minimum absolute atomic E-state index is 0.0224. The van der Waals surface area contributed by atoms with Crippen LogP contribution in [-0.2, 0) is 9.53 Å². The SMILES string of the molecule is CCN(CCC(=O)OCC#N)c1ccc(N=Nc2nsc3ccc([N+](=O)[O-])cc23)c(C)c1. The third kappa shape index (κ3) is 5.41. The van der Waals surface area contributed by atoms with Crippen LogP contribution in [0, 0.1) is 28.4 Å². The highest BCUT2D eigenvalue weighted by molar-refractivity contribution is 7.13. The zero-order chi connectivity index (χ0) is 23.1. The standard InChI is InChI=1S/C21H20N6O4S/c1-3-26(10-8-20(28)31-11-9-22)15-4-6-18(14(2)12-15)23-24-21-17-13-16(27(29)30)5-7-19(17)32-25-21/h4-7,12-13H,3,8,10-11H2,1-2H3. The van der Waals surface area contributed by atoms with E-state index in [-0.39, 0.29) is 18.7 Å². The zero-order valence-electron chi connectivity index (χ0n) is 17.5. The molecule has 3 aromatic rings. The van der Waals surface area contributed by atoms with Gasteiger partial charge in [-0.25, -0.2) is 0 Å². The van der Waals surface area contributed by atoms with E-state index in [0.717, 1.165) is 16.0 Å². The first-order chi connectivity index (χ1) is 15.4. The fraction of sp³-hybridized carbons (Fsp3) is 0.286. The van der Waals surface area contributed by atoms with Gasteiger partial charge in [0, 0.05) is 36.3 Å². The lowest BCUT2D eigenvalue weighted by molar-refractivity contribution is -0.384. The van der Waals surface area contributed by atoms with Crippen LogP contribution in [0.3, 0.4) is 0 Å². The number of benzene rings is 2. The number of non-ortho nitro benzene ring substituents is 1. The Labute approximate surface area is 188 Å². The molecule has 0 amide bonds. The summed E-state index contributed by atoms with van der Waals surface area (Å²) in [4.78, 5) is 24.3. The molecule has 164 valence electrons. The van der Waals surface area contributed by atoms with Gasteiger partial charge < -0.3 is 9.64 Å².